The summed E-state index contributed by atoms with van der Waals surface area (Å²) < 4.78 is 19.9. The van der Waals surface area contributed by atoms with Crippen LogP contribution in [-0.4, -0.2) is 59.3 Å². The maximum Gasteiger partial charge on any atom is 0.281 e. The topological polar surface area (TPSA) is 164 Å². The van der Waals surface area contributed by atoms with Gasteiger partial charge in [0.05, 0.1) is 17.9 Å². The van der Waals surface area contributed by atoms with Crippen molar-refractivity contribution in [2.75, 3.05) is 19.0 Å². The fourth-order valence-electron chi connectivity index (χ4n) is 3.25. The van der Waals surface area contributed by atoms with Crippen LogP contribution in [0.3, 0.4) is 0 Å². The van der Waals surface area contributed by atoms with Crippen molar-refractivity contribution in [3.8, 4) is 5.75 Å². The van der Waals surface area contributed by atoms with Crippen molar-refractivity contribution in [3.63, 3.8) is 0 Å². The third-order valence-electron chi connectivity index (χ3n) is 5.82. The Labute approximate surface area is 229 Å². The van der Waals surface area contributed by atoms with E-state index in [9.17, 15) is 23.4 Å². The monoisotopic (exact) mass is 559 g/mol. The second-order valence-electron chi connectivity index (χ2n) is 8.95. The molecule has 5 N–H and O–H groups in total. The Balaban J connectivity index is 1.37. The summed E-state index contributed by atoms with van der Waals surface area (Å²) in [6.45, 7) is 1.60. The lowest BCUT2D eigenvalue weighted by Gasteiger charge is -2.16. The number of hydroxylamine groups is 1. The number of carbonyl (C=O) groups is 4. The van der Waals surface area contributed by atoms with Gasteiger partial charge >= 0.3 is 0 Å². The Morgan fingerprint density at radius 2 is 1.69 bits per heavy atom. The van der Waals surface area contributed by atoms with E-state index in [1.54, 1.807) is 62.5 Å². The average molecular weight is 560 g/mol. The van der Waals surface area contributed by atoms with Gasteiger partial charge in [0.1, 0.15) is 22.8 Å². The highest BCUT2D eigenvalue weighted by Gasteiger charge is 2.31. The molecule has 0 saturated heterocycles. The molecule has 3 unspecified atom stereocenters. The van der Waals surface area contributed by atoms with Gasteiger partial charge in [-0.25, -0.2) is 9.69 Å². The molecule has 13 heteroatoms. The predicted molar refractivity (Wildman–Crippen MR) is 144 cm³/mol. The SMILES string of the molecule is CNC(C)C(=O)Nc1ccc(CONC(=O)COc2ccc(CC(NC=O)C(=O)NS(=O)C3CC3)cc2)cc1. The number of carbonyl (C=O) groups excluding carboxylic acids is 4. The van der Waals surface area contributed by atoms with E-state index in [4.69, 9.17) is 9.57 Å². The van der Waals surface area contributed by atoms with E-state index in [1.807, 2.05) is 0 Å². The van der Waals surface area contributed by atoms with Gasteiger partial charge in [0.2, 0.25) is 12.3 Å². The molecule has 0 aliphatic heterocycles. The lowest BCUT2D eigenvalue weighted by Crippen LogP contribution is -2.46. The number of amides is 4. The first-order chi connectivity index (χ1) is 18.8. The normalized spacial score (nSPS) is 14.8. The van der Waals surface area contributed by atoms with Crippen LogP contribution in [0.1, 0.15) is 30.9 Å². The fraction of sp³-hybridized carbons (Fsp3) is 0.385. The van der Waals surface area contributed by atoms with Crippen LogP contribution < -0.4 is 30.9 Å². The second-order valence-corrected chi connectivity index (χ2v) is 10.4. The fourth-order valence-corrected chi connectivity index (χ4v) is 4.32. The number of hydrogen-bond donors (Lipinski definition) is 5. The molecule has 1 aliphatic rings. The van der Waals surface area contributed by atoms with Crippen LogP contribution in [0.2, 0.25) is 0 Å². The maximum atomic E-state index is 12.4. The van der Waals surface area contributed by atoms with Gasteiger partial charge < -0.3 is 20.7 Å². The van der Waals surface area contributed by atoms with Crippen molar-refractivity contribution in [2.24, 2.45) is 0 Å². The molecule has 4 amide bonds. The second kappa shape index (κ2) is 15.0. The smallest absolute Gasteiger partial charge is 0.281 e. The molecular formula is C26H33N5O7S. The van der Waals surface area contributed by atoms with Crippen LogP contribution in [0, 0.1) is 0 Å². The standard InChI is InChI=1S/C26H33N5O7S/c1-17(27-2)25(34)29-20-7-3-19(4-8-20)14-38-30-24(33)15-37-21-9-5-18(6-10-21)13-23(28-16-32)26(35)31-39(36)22-11-12-22/h3-10,16-17,22-23,27H,11-15H2,1-2H3,(H,28,32)(H,29,34)(H,30,33)(H,31,35). The molecule has 3 atom stereocenters. The number of hydrogen-bond acceptors (Lipinski definition) is 8. The number of benzene rings is 2. The molecule has 0 aromatic heterocycles. The number of nitrogens with one attached hydrogen (secondary N) is 5. The quantitative estimate of drug-likeness (QED) is 0.146. The van der Waals surface area contributed by atoms with Crippen LogP contribution in [0.5, 0.6) is 5.75 Å². The summed E-state index contributed by atoms with van der Waals surface area (Å²) >= 11 is 0. The molecule has 0 heterocycles. The zero-order valence-electron chi connectivity index (χ0n) is 21.7. The van der Waals surface area contributed by atoms with Crippen LogP contribution in [0.15, 0.2) is 48.5 Å². The van der Waals surface area contributed by atoms with Crippen LogP contribution in [-0.2, 0) is 48.0 Å². The van der Waals surface area contributed by atoms with Gasteiger partial charge in [-0.1, -0.05) is 24.3 Å². The van der Waals surface area contributed by atoms with E-state index >= 15 is 0 Å². The highest BCUT2D eigenvalue weighted by atomic mass is 32.2. The summed E-state index contributed by atoms with van der Waals surface area (Å²) in [6.07, 6.45) is 2.27. The van der Waals surface area contributed by atoms with Crippen LogP contribution in [0.25, 0.3) is 0 Å². The average Bonchev–Trinajstić information content (AvgIpc) is 3.79. The largest absolute Gasteiger partial charge is 0.484 e. The molecule has 1 saturated carbocycles. The van der Waals surface area contributed by atoms with Crippen molar-refractivity contribution < 1.29 is 33.0 Å². The summed E-state index contributed by atoms with van der Waals surface area (Å²) in [5.74, 6) is -0.711. The van der Waals surface area contributed by atoms with Gasteiger partial charge in [-0.05, 0) is 62.2 Å². The zero-order chi connectivity index (χ0) is 28.2. The van der Waals surface area contributed by atoms with Crippen molar-refractivity contribution in [1.82, 2.24) is 20.8 Å². The lowest BCUT2D eigenvalue weighted by molar-refractivity contribution is -0.136. The molecule has 0 radical (unpaired) electrons. The molecular weight excluding hydrogens is 526 g/mol. The number of anilines is 1. The summed E-state index contributed by atoms with van der Waals surface area (Å²) in [6, 6.07) is 12.5. The number of ether oxygens (including phenoxy) is 1. The number of rotatable bonds is 16. The summed E-state index contributed by atoms with van der Waals surface area (Å²) in [7, 11) is 0.264. The molecule has 1 aliphatic carbocycles. The van der Waals surface area contributed by atoms with Crippen molar-refractivity contribution in [1.29, 1.82) is 0 Å². The molecule has 39 heavy (non-hydrogen) atoms. The van der Waals surface area contributed by atoms with E-state index < -0.39 is 28.8 Å². The van der Waals surface area contributed by atoms with Gasteiger partial charge in [0.15, 0.2) is 6.61 Å². The summed E-state index contributed by atoms with van der Waals surface area (Å²) in [4.78, 5) is 52.5. The van der Waals surface area contributed by atoms with Gasteiger partial charge in [-0.2, -0.15) is 0 Å². The minimum absolute atomic E-state index is 0.00987. The number of likely N-dealkylation sites (N-methyl/N-ethyl adjacent to an activating group) is 1. The molecule has 12 nitrogen and oxygen atoms in total. The zero-order valence-corrected chi connectivity index (χ0v) is 22.5. The highest BCUT2D eigenvalue weighted by molar-refractivity contribution is 7.84. The first-order valence-electron chi connectivity index (χ1n) is 12.4. The Bertz CT molecular complexity index is 1160. The minimum atomic E-state index is -1.44. The molecule has 2 aromatic carbocycles. The first-order valence-corrected chi connectivity index (χ1v) is 13.6. The highest BCUT2D eigenvalue weighted by Crippen LogP contribution is 2.24. The van der Waals surface area contributed by atoms with E-state index in [-0.39, 0.29) is 36.8 Å². The first kappa shape index (κ1) is 29.7. The molecule has 0 spiro atoms. The Kier molecular flexibility index (Phi) is 11.4. The molecule has 1 fully saturated rings. The Morgan fingerprint density at radius 3 is 2.31 bits per heavy atom. The van der Waals surface area contributed by atoms with Gasteiger partial charge in [-0.3, -0.25) is 28.7 Å². The maximum absolute atomic E-state index is 12.4. The molecule has 3 rings (SSSR count). The van der Waals surface area contributed by atoms with Gasteiger partial charge in [0.25, 0.3) is 11.8 Å². The van der Waals surface area contributed by atoms with E-state index in [1.165, 1.54) is 0 Å². The summed E-state index contributed by atoms with van der Waals surface area (Å²) in [5.41, 5.74) is 4.49. The third kappa shape index (κ3) is 10.1. The Morgan fingerprint density at radius 1 is 1.03 bits per heavy atom. The van der Waals surface area contributed by atoms with E-state index in [2.05, 4.69) is 26.2 Å². The molecule has 0 bridgehead atoms. The Hall–Kier alpha value is -3.81. The molecule has 2 aromatic rings. The van der Waals surface area contributed by atoms with Crippen molar-refractivity contribution in [3.05, 3.63) is 59.7 Å². The van der Waals surface area contributed by atoms with E-state index in [0.29, 0.717) is 17.8 Å². The van der Waals surface area contributed by atoms with Crippen LogP contribution in [0.4, 0.5) is 5.69 Å². The van der Waals surface area contributed by atoms with E-state index in [0.717, 1.165) is 24.0 Å². The van der Waals surface area contributed by atoms with Crippen molar-refractivity contribution >= 4 is 40.8 Å². The van der Waals surface area contributed by atoms with Crippen LogP contribution >= 0.6 is 0 Å². The minimum Gasteiger partial charge on any atom is -0.484 e. The lowest BCUT2D eigenvalue weighted by atomic mass is 10.1. The van der Waals surface area contributed by atoms with Gasteiger partial charge in [-0.15, -0.1) is 0 Å². The summed E-state index contributed by atoms with van der Waals surface area (Å²) in [5, 5.41) is 8.10. The third-order valence-corrected chi connectivity index (χ3v) is 7.30. The predicted octanol–water partition coefficient (Wildman–Crippen LogP) is 0.459. The van der Waals surface area contributed by atoms with Gasteiger partial charge in [0, 0.05) is 12.1 Å². The van der Waals surface area contributed by atoms with Crippen molar-refractivity contribution in [2.45, 2.75) is 50.1 Å². The molecule has 210 valence electrons.